The Balaban J connectivity index is 2.85. The lowest BCUT2D eigenvalue weighted by molar-refractivity contribution is -0.0478. The zero-order valence-corrected chi connectivity index (χ0v) is 14.4. The summed E-state index contributed by atoms with van der Waals surface area (Å²) in [4.78, 5) is 24.8. The zero-order valence-electron chi connectivity index (χ0n) is 14.4. The fourth-order valence-corrected chi connectivity index (χ4v) is 2.76. The molecular weight excluding hydrogens is 300 g/mol. The van der Waals surface area contributed by atoms with Crippen LogP contribution in [0.15, 0.2) is 12.7 Å². The lowest BCUT2D eigenvalue weighted by atomic mass is 9.92. The Bertz CT molecular complexity index is 433. The number of piperidine rings is 1. The molecule has 0 bridgehead atoms. The number of hydrogen-bond acceptors (Lipinski definition) is 4. The van der Waals surface area contributed by atoms with Crippen LogP contribution >= 0.6 is 0 Å². The molecule has 1 unspecified atom stereocenters. The van der Waals surface area contributed by atoms with E-state index in [2.05, 4.69) is 11.9 Å². The molecular formula is C16H28N2O5. The van der Waals surface area contributed by atoms with Gasteiger partial charge in [-0.3, -0.25) is 0 Å². The molecule has 0 saturated carbocycles. The quantitative estimate of drug-likeness (QED) is 0.757. The summed E-state index contributed by atoms with van der Waals surface area (Å²) in [5.41, 5.74) is -0.590. The molecule has 0 spiro atoms. The second-order valence-electron chi connectivity index (χ2n) is 6.58. The summed E-state index contributed by atoms with van der Waals surface area (Å²) in [5, 5.41) is 12.2. The molecule has 2 amide bonds. The monoisotopic (exact) mass is 328 g/mol. The summed E-state index contributed by atoms with van der Waals surface area (Å²) in [6.45, 7) is 11.5. The third-order valence-electron chi connectivity index (χ3n) is 3.63. The molecule has 0 aromatic carbocycles. The van der Waals surface area contributed by atoms with Gasteiger partial charge >= 0.3 is 12.2 Å². The molecule has 0 aromatic rings. The normalized spacial score (nSPS) is 24.9. The number of carbonyl (C=O) groups excluding carboxylic acids is 1. The Labute approximate surface area is 137 Å². The van der Waals surface area contributed by atoms with Gasteiger partial charge in [0.15, 0.2) is 0 Å². The van der Waals surface area contributed by atoms with Gasteiger partial charge in [0.1, 0.15) is 5.60 Å². The standard InChI is InChI=1S/C16H28N2O5/c1-6-10-22-13-11(17-14(19)23-16(3,4)5)8-9-18(15(20)21)12(13)7-2/h6,11-13H,1,7-10H2,2-5H3,(H,17,19)(H,20,21)/t11-,12?,13+/m1/s1. The molecule has 132 valence electrons. The summed E-state index contributed by atoms with van der Waals surface area (Å²) in [7, 11) is 0. The van der Waals surface area contributed by atoms with E-state index in [9.17, 15) is 14.7 Å². The second-order valence-corrected chi connectivity index (χ2v) is 6.58. The maximum atomic E-state index is 12.0. The van der Waals surface area contributed by atoms with Gasteiger partial charge in [-0.25, -0.2) is 9.59 Å². The first-order chi connectivity index (χ1) is 10.7. The van der Waals surface area contributed by atoms with Gasteiger partial charge in [0.25, 0.3) is 0 Å². The van der Waals surface area contributed by atoms with Crippen LogP contribution in [0.2, 0.25) is 0 Å². The summed E-state index contributed by atoms with van der Waals surface area (Å²) in [6, 6.07) is -0.619. The maximum absolute atomic E-state index is 12.0. The number of alkyl carbamates (subject to hydrolysis) is 1. The average Bonchev–Trinajstić information content (AvgIpc) is 2.42. The maximum Gasteiger partial charge on any atom is 0.407 e. The van der Waals surface area contributed by atoms with Crippen molar-refractivity contribution in [3.63, 3.8) is 0 Å². The molecule has 7 nitrogen and oxygen atoms in total. The topological polar surface area (TPSA) is 88.1 Å². The van der Waals surface area contributed by atoms with Crippen molar-refractivity contribution >= 4 is 12.2 Å². The van der Waals surface area contributed by atoms with Crippen molar-refractivity contribution in [1.82, 2.24) is 10.2 Å². The Morgan fingerprint density at radius 3 is 2.57 bits per heavy atom. The van der Waals surface area contributed by atoms with E-state index < -0.39 is 23.9 Å². The van der Waals surface area contributed by atoms with Crippen molar-refractivity contribution in [2.45, 2.75) is 64.3 Å². The molecule has 0 aromatic heterocycles. The summed E-state index contributed by atoms with van der Waals surface area (Å²) in [6.07, 6.45) is 0.755. The summed E-state index contributed by atoms with van der Waals surface area (Å²) in [5.74, 6) is 0. The highest BCUT2D eigenvalue weighted by Gasteiger charge is 2.41. The first kappa shape index (κ1) is 19.3. The molecule has 1 aliphatic heterocycles. The molecule has 1 heterocycles. The van der Waals surface area contributed by atoms with E-state index in [1.54, 1.807) is 26.8 Å². The first-order valence-corrected chi connectivity index (χ1v) is 7.91. The minimum absolute atomic E-state index is 0.293. The van der Waals surface area contributed by atoms with Gasteiger partial charge in [-0.1, -0.05) is 13.0 Å². The van der Waals surface area contributed by atoms with Crippen LogP contribution < -0.4 is 5.32 Å². The SMILES string of the molecule is C=CCO[C@@H]1C(CC)N(C(=O)O)CC[C@H]1NC(=O)OC(C)(C)C. The first-order valence-electron chi connectivity index (χ1n) is 7.91. The Morgan fingerprint density at radius 1 is 1.43 bits per heavy atom. The minimum atomic E-state index is -0.972. The molecule has 1 rings (SSSR count). The van der Waals surface area contributed by atoms with Crippen molar-refractivity contribution in [2.75, 3.05) is 13.2 Å². The predicted molar refractivity (Wildman–Crippen MR) is 86.5 cm³/mol. The number of hydrogen-bond donors (Lipinski definition) is 2. The number of ether oxygens (including phenoxy) is 2. The van der Waals surface area contributed by atoms with Crippen LogP contribution in [0, 0.1) is 0 Å². The van der Waals surface area contributed by atoms with E-state index in [-0.39, 0.29) is 12.1 Å². The average molecular weight is 328 g/mol. The van der Waals surface area contributed by atoms with Crippen LogP contribution in [0.3, 0.4) is 0 Å². The third kappa shape index (κ3) is 5.74. The molecule has 2 N–H and O–H groups in total. The van der Waals surface area contributed by atoms with Gasteiger partial charge in [0.05, 0.1) is 24.8 Å². The number of rotatable bonds is 5. The van der Waals surface area contributed by atoms with E-state index in [0.29, 0.717) is 26.0 Å². The smallest absolute Gasteiger partial charge is 0.407 e. The number of nitrogens with one attached hydrogen (secondary N) is 1. The van der Waals surface area contributed by atoms with Crippen molar-refractivity contribution in [3.05, 3.63) is 12.7 Å². The Morgan fingerprint density at radius 2 is 2.09 bits per heavy atom. The van der Waals surface area contributed by atoms with Crippen LogP contribution in [-0.4, -0.2) is 59.1 Å². The number of nitrogens with zero attached hydrogens (tertiary/aromatic N) is 1. The predicted octanol–water partition coefficient (Wildman–Crippen LogP) is 2.61. The van der Waals surface area contributed by atoms with Gasteiger partial charge < -0.3 is 24.8 Å². The van der Waals surface area contributed by atoms with Crippen molar-refractivity contribution in [2.24, 2.45) is 0 Å². The molecule has 23 heavy (non-hydrogen) atoms. The molecule has 3 atom stereocenters. The minimum Gasteiger partial charge on any atom is -0.465 e. The molecule has 1 fully saturated rings. The number of likely N-dealkylation sites (tertiary alicyclic amines) is 1. The van der Waals surface area contributed by atoms with E-state index in [0.717, 1.165) is 0 Å². The highest BCUT2D eigenvalue weighted by Crippen LogP contribution is 2.24. The van der Waals surface area contributed by atoms with Crippen LogP contribution in [0.1, 0.15) is 40.5 Å². The largest absolute Gasteiger partial charge is 0.465 e. The third-order valence-corrected chi connectivity index (χ3v) is 3.63. The van der Waals surface area contributed by atoms with Crippen molar-refractivity contribution in [3.8, 4) is 0 Å². The van der Waals surface area contributed by atoms with Crippen molar-refractivity contribution < 1.29 is 24.2 Å². The lowest BCUT2D eigenvalue weighted by Gasteiger charge is -2.43. The van der Waals surface area contributed by atoms with E-state index in [1.807, 2.05) is 6.92 Å². The van der Waals surface area contributed by atoms with Gasteiger partial charge in [-0.05, 0) is 33.6 Å². The van der Waals surface area contributed by atoms with Gasteiger partial charge in [-0.2, -0.15) is 0 Å². The van der Waals surface area contributed by atoms with E-state index in [4.69, 9.17) is 9.47 Å². The van der Waals surface area contributed by atoms with Crippen LogP contribution in [-0.2, 0) is 9.47 Å². The second kappa shape index (κ2) is 8.19. The molecule has 7 heteroatoms. The number of carboxylic acid groups (broad SMARTS) is 1. The highest BCUT2D eigenvalue weighted by molar-refractivity contribution is 5.69. The van der Waals surface area contributed by atoms with Gasteiger partial charge in [-0.15, -0.1) is 6.58 Å². The van der Waals surface area contributed by atoms with Crippen molar-refractivity contribution in [1.29, 1.82) is 0 Å². The highest BCUT2D eigenvalue weighted by atomic mass is 16.6. The fourth-order valence-electron chi connectivity index (χ4n) is 2.76. The lowest BCUT2D eigenvalue weighted by Crippen LogP contribution is -2.61. The van der Waals surface area contributed by atoms with Crippen LogP contribution in [0.5, 0.6) is 0 Å². The summed E-state index contributed by atoms with van der Waals surface area (Å²) < 4.78 is 11.0. The molecule has 1 saturated heterocycles. The van der Waals surface area contributed by atoms with Gasteiger partial charge in [0, 0.05) is 6.54 Å². The van der Waals surface area contributed by atoms with Crippen LogP contribution in [0.4, 0.5) is 9.59 Å². The molecule has 1 aliphatic rings. The molecule has 0 aliphatic carbocycles. The van der Waals surface area contributed by atoms with E-state index in [1.165, 1.54) is 4.90 Å². The van der Waals surface area contributed by atoms with Crippen LogP contribution in [0.25, 0.3) is 0 Å². The zero-order chi connectivity index (χ0) is 17.6. The summed E-state index contributed by atoms with van der Waals surface area (Å²) >= 11 is 0. The van der Waals surface area contributed by atoms with Gasteiger partial charge in [0.2, 0.25) is 0 Å². The Kier molecular flexibility index (Phi) is 6.87. The number of amides is 2. The fraction of sp³-hybridized carbons (Fsp3) is 0.750. The van der Waals surface area contributed by atoms with E-state index >= 15 is 0 Å². The molecule has 0 radical (unpaired) electrons. The Hall–Kier alpha value is -1.76. The number of carbonyl (C=O) groups is 2.